The van der Waals surface area contributed by atoms with Crippen LogP contribution in [0, 0.1) is 0 Å². The van der Waals surface area contributed by atoms with Crippen LogP contribution in [0.3, 0.4) is 0 Å². The number of unbranched alkanes of at least 4 members (excludes halogenated alkanes) is 16. The zero-order valence-electron chi connectivity index (χ0n) is 26.0. The molecule has 0 N–H and O–H groups in total. The van der Waals surface area contributed by atoms with Crippen molar-refractivity contribution in [2.75, 3.05) is 39.5 Å². The average Bonchev–Trinajstić information content (AvgIpc) is 3.31. The van der Waals surface area contributed by atoms with E-state index in [2.05, 4.69) is 11.8 Å². The smallest absolute Gasteiger partial charge is 0.306 e. The minimum absolute atomic E-state index is 0.184. The zero-order chi connectivity index (χ0) is 28.7. The lowest BCUT2D eigenvalue weighted by molar-refractivity contribution is -0.164. The van der Waals surface area contributed by atoms with Crippen LogP contribution in [0.25, 0.3) is 0 Å². The summed E-state index contributed by atoms with van der Waals surface area (Å²) in [6.45, 7) is 8.68. The summed E-state index contributed by atoms with van der Waals surface area (Å²) in [4.78, 5) is 26.6. The SMILES string of the molecule is CCCCCCCCCCCCCCCCC[C@H]1OC[C@@H](OC(C)=O)[C@@H]1OC(=O)CCCCCN1CCOCC1. The first-order chi connectivity index (χ1) is 19.6. The molecule has 2 saturated heterocycles. The maximum absolute atomic E-state index is 12.6. The highest BCUT2D eigenvalue weighted by molar-refractivity contribution is 5.70. The van der Waals surface area contributed by atoms with Crippen LogP contribution >= 0.6 is 0 Å². The highest BCUT2D eigenvalue weighted by Crippen LogP contribution is 2.26. The fourth-order valence-corrected chi connectivity index (χ4v) is 5.90. The summed E-state index contributed by atoms with van der Waals surface area (Å²) in [5.74, 6) is -0.564. The maximum atomic E-state index is 12.6. The molecule has 0 saturated carbocycles. The standard InChI is InChI=1S/C33H61NO6/c1-3-4-5-6-7-8-9-10-11-12-13-14-15-16-18-21-30-33(31(28-38-30)39-29(2)35)40-32(36)22-19-17-20-23-34-24-26-37-27-25-34/h30-31,33H,3-28H2,1-2H3/t30-,31-,33-/m1/s1. The number of esters is 2. The van der Waals surface area contributed by atoms with Gasteiger partial charge in [0.1, 0.15) is 0 Å². The number of carbonyl (C=O) groups excluding carboxylic acids is 2. The number of morpholine rings is 1. The van der Waals surface area contributed by atoms with Crippen molar-refractivity contribution < 1.29 is 28.5 Å². The van der Waals surface area contributed by atoms with Crippen molar-refractivity contribution >= 4 is 11.9 Å². The molecule has 0 aromatic heterocycles. The molecular formula is C33H61NO6. The highest BCUT2D eigenvalue weighted by atomic mass is 16.6. The number of ether oxygens (including phenoxy) is 4. The van der Waals surface area contributed by atoms with Gasteiger partial charge in [0, 0.05) is 26.4 Å². The number of hydrogen-bond donors (Lipinski definition) is 0. The molecular weight excluding hydrogens is 506 g/mol. The number of nitrogens with zero attached hydrogens (tertiary/aromatic N) is 1. The summed E-state index contributed by atoms with van der Waals surface area (Å²) in [7, 11) is 0. The Morgan fingerprint density at radius 1 is 0.725 bits per heavy atom. The Kier molecular flexibility index (Phi) is 20.5. The summed E-state index contributed by atoms with van der Waals surface area (Å²) in [5.41, 5.74) is 0. The van der Waals surface area contributed by atoms with E-state index in [-0.39, 0.29) is 18.0 Å². The maximum Gasteiger partial charge on any atom is 0.306 e. The van der Waals surface area contributed by atoms with Crippen molar-refractivity contribution in [2.45, 2.75) is 161 Å². The molecule has 0 radical (unpaired) electrons. The van der Waals surface area contributed by atoms with Crippen molar-refractivity contribution in [2.24, 2.45) is 0 Å². The Hall–Kier alpha value is -1.18. The summed E-state index contributed by atoms with van der Waals surface area (Å²) >= 11 is 0. The van der Waals surface area contributed by atoms with E-state index >= 15 is 0 Å². The molecule has 2 aliphatic heterocycles. The van der Waals surface area contributed by atoms with Crippen molar-refractivity contribution in [3.63, 3.8) is 0 Å². The fourth-order valence-electron chi connectivity index (χ4n) is 5.90. The third-order valence-corrected chi connectivity index (χ3v) is 8.34. The van der Waals surface area contributed by atoms with E-state index in [1.54, 1.807) is 0 Å². The van der Waals surface area contributed by atoms with Crippen molar-refractivity contribution in [1.29, 1.82) is 0 Å². The first-order valence-electron chi connectivity index (χ1n) is 16.9. The lowest BCUT2D eigenvalue weighted by Crippen LogP contribution is -2.38. The molecule has 3 atom stereocenters. The van der Waals surface area contributed by atoms with Gasteiger partial charge in [-0.3, -0.25) is 14.5 Å². The van der Waals surface area contributed by atoms with Crippen LogP contribution in [0.2, 0.25) is 0 Å². The molecule has 2 fully saturated rings. The van der Waals surface area contributed by atoms with Crippen LogP contribution in [0.4, 0.5) is 0 Å². The van der Waals surface area contributed by atoms with Gasteiger partial charge in [-0.2, -0.15) is 0 Å². The first-order valence-corrected chi connectivity index (χ1v) is 16.9. The van der Waals surface area contributed by atoms with Gasteiger partial charge in [-0.05, 0) is 25.8 Å². The first kappa shape index (κ1) is 35.0. The van der Waals surface area contributed by atoms with E-state index in [1.165, 1.54) is 96.8 Å². The topological polar surface area (TPSA) is 74.3 Å². The summed E-state index contributed by atoms with van der Waals surface area (Å²) in [6, 6.07) is 0. The number of rotatable bonds is 24. The minimum atomic E-state index is -0.496. The van der Waals surface area contributed by atoms with E-state index in [4.69, 9.17) is 18.9 Å². The highest BCUT2D eigenvalue weighted by Gasteiger charge is 2.41. The van der Waals surface area contributed by atoms with Gasteiger partial charge in [0.15, 0.2) is 12.2 Å². The van der Waals surface area contributed by atoms with Crippen molar-refractivity contribution in [3.05, 3.63) is 0 Å². The molecule has 0 aromatic rings. The van der Waals surface area contributed by atoms with Crippen LogP contribution in [0.15, 0.2) is 0 Å². The Bertz CT molecular complexity index is 638. The molecule has 0 unspecified atom stereocenters. The molecule has 0 aromatic carbocycles. The van der Waals surface area contributed by atoms with Crippen LogP contribution in [-0.4, -0.2) is 74.6 Å². The van der Waals surface area contributed by atoms with E-state index in [9.17, 15) is 9.59 Å². The van der Waals surface area contributed by atoms with Gasteiger partial charge in [-0.1, -0.05) is 110 Å². The van der Waals surface area contributed by atoms with Gasteiger partial charge in [0.2, 0.25) is 0 Å². The molecule has 0 aliphatic carbocycles. The predicted octanol–water partition coefficient (Wildman–Crippen LogP) is 7.38. The van der Waals surface area contributed by atoms with E-state index in [1.807, 2.05) is 0 Å². The van der Waals surface area contributed by atoms with Gasteiger partial charge in [-0.15, -0.1) is 0 Å². The van der Waals surface area contributed by atoms with E-state index < -0.39 is 12.2 Å². The minimum Gasteiger partial charge on any atom is -0.456 e. The van der Waals surface area contributed by atoms with Crippen LogP contribution < -0.4 is 0 Å². The normalized spacial score (nSPS) is 21.5. The van der Waals surface area contributed by atoms with Gasteiger partial charge in [0.05, 0.1) is 25.9 Å². The van der Waals surface area contributed by atoms with E-state index in [0.717, 1.165) is 65.0 Å². The third-order valence-electron chi connectivity index (χ3n) is 8.34. The van der Waals surface area contributed by atoms with Crippen LogP contribution in [0.1, 0.15) is 142 Å². The van der Waals surface area contributed by atoms with Gasteiger partial charge in [0.25, 0.3) is 0 Å². The molecule has 2 rings (SSSR count). The third kappa shape index (κ3) is 16.9. The lowest BCUT2D eigenvalue weighted by atomic mass is 10.0. The molecule has 2 aliphatic rings. The van der Waals surface area contributed by atoms with Gasteiger partial charge >= 0.3 is 11.9 Å². The monoisotopic (exact) mass is 567 g/mol. The largest absolute Gasteiger partial charge is 0.456 e. The van der Waals surface area contributed by atoms with Crippen LogP contribution in [0.5, 0.6) is 0 Å². The fraction of sp³-hybridized carbons (Fsp3) is 0.939. The predicted molar refractivity (Wildman–Crippen MR) is 160 cm³/mol. The Morgan fingerprint density at radius 2 is 1.27 bits per heavy atom. The second-order valence-electron chi connectivity index (χ2n) is 12.0. The molecule has 0 amide bonds. The molecule has 40 heavy (non-hydrogen) atoms. The number of carbonyl (C=O) groups is 2. The molecule has 0 spiro atoms. The lowest BCUT2D eigenvalue weighted by Gasteiger charge is -2.26. The Morgan fingerprint density at radius 3 is 1.85 bits per heavy atom. The summed E-state index contributed by atoms with van der Waals surface area (Å²) in [5, 5.41) is 0. The zero-order valence-corrected chi connectivity index (χ0v) is 26.0. The quantitative estimate of drug-likeness (QED) is 0.0889. The second kappa shape index (κ2) is 23.4. The average molecular weight is 568 g/mol. The second-order valence-corrected chi connectivity index (χ2v) is 12.0. The van der Waals surface area contributed by atoms with Crippen molar-refractivity contribution in [1.82, 2.24) is 4.90 Å². The Balaban J connectivity index is 1.51. The summed E-state index contributed by atoms with van der Waals surface area (Å²) < 4.78 is 22.6. The molecule has 0 bridgehead atoms. The molecule has 234 valence electrons. The van der Waals surface area contributed by atoms with Gasteiger partial charge in [-0.25, -0.2) is 0 Å². The van der Waals surface area contributed by atoms with Crippen molar-refractivity contribution in [3.8, 4) is 0 Å². The van der Waals surface area contributed by atoms with Crippen LogP contribution in [-0.2, 0) is 28.5 Å². The summed E-state index contributed by atoms with van der Waals surface area (Å²) in [6.07, 6.45) is 23.0. The van der Waals surface area contributed by atoms with Gasteiger partial charge < -0.3 is 18.9 Å². The molecule has 7 nitrogen and oxygen atoms in total. The molecule has 7 heteroatoms. The Labute approximate surface area is 245 Å². The molecule has 2 heterocycles. The number of hydrogen-bond acceptors (Lipinski definition) is 7. The van der Waals surface area contributed by atoms with E-state index in [0.29, 0.717) is 13.0 Å².